The van der Waals surface area contributed by atoms with E-state index in [-0.39, 0.29) is 21.9 Å². The Balaban J connectivity index is 2.11. The van der Waals surface area contributed by atoms with Crippen LogP contribution in [0.3, 0.4) is 0 Å². The fraction of sp³-hybridized carbons (Fsp3) is 0.278. The number of hydrogen-bond acceptors (Lipinski definition) is 1. The molecule has 0 aliphatic rings. The van der Waals surface area contributed by atoms with Crippen LogP contribution in [-0.2, 0) is 6.18 Å². The van der Waals surface area contributed by atoms with Crippen molar-refractivity contribution in [2.24, 2.45) is 0 Å². The van der Waals surface area contributed by atoms with Crippen LogP contribution in [0.1, 0.15) is 35.2 Å². The second-order valence-corrected chi connectivity index (χ2v) is 6.69. The van der Waals surface area contributed by atoms with Crippen molar-refractivity contribution in [3.63, 3.8) is 0 Å². The van der Waals surface area contributed by atoms with E-state index in [1.54, 1.807) is 0 Å². The van der Waals surface area contributed by atoms with Crippen LogP contribution in [0, 0.1) is 13.8 Å². The summed E-state index contributed by atoms with van der Waals surface area (Å²) in [6.45, 7) is 5.94. The fourth-order valence-electron chi connectivity index (χ4n) is 2.49. The van der Waals surface area contributed by atoms with Gasteiger partial charge in [-0.15, -0.1) is 0 Å². The molecule has 0 heterocycles. The van der Waals surface area contributed by atoms with E-state index in [1.165, 1.54) is 12.1 Å². The predicted molar refractivity (Wildman–Crippen MR) is 100 cm³/mol. The SMILES string of the molecule is Cc1ccc(C)c(C(C)NC(=S)Nc2ccc(Cl)c(C(F)(F)F)c2)c1. The first kappa shape index (κ1) is 19.5. The van der Waals surface area contributed by atoms with Crippen molar-refractivity contribution in [3.05, 3.63) is 63.7 Å². The molecule has 0 spiro atoms. The number of nitrogens with one attached hydrogen (secondary N) is 2. The maximum atomic E-state index is 12.9. The summed E-state index contributed by atoms with van der Waals surface area (Å²) in [5, 5.41) is 5.76. The summed E-state index contributed by atoms with van der Waals surface area (Å²) in [5.41, 5.74) is 2.64. The zero-order chi connectivity index (χ0) is 18.8. The smallest absolute Gasteiger partial charge is 0.356 e. The van der Waals surface area contributed by atoms with Crippen LogP contribution in [0.4, 0.5) is 18.9 Å². The maximum Gasteiger partial charge on any atom is 0.417 e. The molecule has 0 aromatic heterocycles. The summed E-state index contributed by atoms with van der Waals surface area (Å²) in [4.78, 5) is 0. The minimum absolute atomic E-state index is 0.0886. The number of hydrogen-bond donors (Lipinski definition) is 2. The van der Waals surface area contributed by atoms with E-state index in [0.717, 1.165) is 22.8 Å². The van der Waals surface area contributed by atoms with E-state index < -0.39 is 11.7 Å². The van der Waals surface area contributed by atoms with Crippen LogP contribution >= 0.6 is 23.8 Å². The summed E-state index contributed by atoms with van der Waals surface area (Å²) in [6, 6.07) is 9.60. The van der Waals surface area contributed by atoms with Crippen molar-refractivity contribution in [1.82, 2.24) is 5.32 Å². The Morgan fingerprint density at radius 2 is 1.80 bits per heavy atom. The minimum atomic E-state index is -4.52. The van der Waals surface area contributed by atoms with Gasteiger partial charge in [0.15, 0.2) is 5.11 Å². The first-order valence-electron chi connectivity index (χ1n) is 7.59. The highest BCUT2D eigenvalue weighted by Crippen LogP contribution is 2.36. The number of aryl methyl sites for hydroxylation is 2. The molecule has 7 heteroatoms. The number of anilines is 1. The van der Waals surface area contributed by atoms with E-state index in [1.807, 2.05) is 32.9 Å². The van der Waals surface area contributed by atoms with Crippen molar-refractivity contribution >= 4 is 34.6 Å². The van der Waals surface area contributed by atoms with E-state index in [0.29, 0.717) is 0 Å². The van der Waals surface area contributed by atoms with Crippen LogP contribution in [0.5, 0.6) is 0 Å². The molecule has 1 atom stereocenters. The molecule has 0 saturated heterocycles. The molecule has 134 valence electrons. The Bertz CT molecular complexity index is 790. The second kappa shape index (κ2) is 7.62. The van der Waals surface area contributed by atoms with E-state index in [9.17, 15) is 13.2 Å². The van der Waals surface area contributed by atoms with Crippen LogP contribution < -0.4 is 10.6 Å². The summed E-state index contributed by atoms with van der Waals surface area (Å²) in [5.74, 6) is 0. The minimum Gasteiger partial charge on any atom is -0.356 e. The highest BCUT2D eigenvalue weighted by atomic mass is 35.5. The van der Waals surface area contributed by atoms with Gasteiger partial charge in [0.2, 0.25) is 0 Å². The number of halogens is 4. The Hall–Kier alpha value is -1.79. The molecular weight excluding hydrogens is 369 g/mol. The third-order valence-corrected chi connectivity index (χ3v) is 4.33. The Morgan fingerprint density at radius 1 is 1.12 bits per heavy atom. The number of alkyl halides is 3. The molecule has 0 amide bonds. The van der Waals surface area contributed by atoms with Gasteiger partial charge in [0.25, 0.3) is 0 Å². The normalized spacial score (nSPS) is 12.6. The zero-order valence-electron chi connectivity index (χ0n) is 14.0. The lowest BCUT2D eigenvalue weighted by atomic mass is 10.0. The van der Waals surface area contributed by atoms with Crippen molar-refractivity contribution < 1.29 is 13.2 Å². The first-order valence-corrected chi connectivity index (χ1v) is 8.38. The van der Waals surface area contributed by atoms with Gasteiger partial charge >= 0.3 is 6.18 Å². The van der Waals surface area contributed by atoms with Crippen molar-refractivity contribution in [2.75, 3.05) is 5.32 Å². The van der Waals surface area contributed by atoms with Crippen molar-refractivity contribution in [3.8, 4) is 0 Å². The van der Waals surface area contributed by atoms with Crippen LogP contribution in [0.2, 0.25) is 5.02 Å². The predicted octanol–water partition coefficient (Wildman–Crippen LogP) is 6.02. The lowest BCUT2D eigenvalue weighted by Gasteiger charge is -2.20. The van der Waals surface area contributed by atoms with Gasteiger partial charge < -0.3 is 10.6 Å². The first-order chi connectivity index (χ1) is 11.6. The monoisotopic (exact) mass is 386 g/mol. The van der Waals surface area contributed by atoms with Gasteiger partial charge in [-0.1, -0.05) is 35.4 Å². The second-order valence-electron chi connectivity index (χ2n) is 5.87. The molecule has 0 radical (unpaired) electrons. The van der Waals surface area contributed by atoms with Crippen LogP contribution in [0.15, 0.2) is 36.4 Å². The van der Waals surface area contributed by atoms with Crippen molar-refractivity contribution in [1.29, 1.82) is 0 Å². The standard InChI is InChI=1S/C18H18ClF3N2S/c1-10-4-5-11(2)14(8-10)12(3)23-17(25)24-13-6-7-16(19)15(9-13)18(20,21)22/h4-9,12H,1-3H3,(H2,23,24,25). The molecule has 0 bridgehead atoms. The highest BCUT2D eigenvalue weighted by Gasteiger charge is 2.33. The Kier molecular flexibility index (Phi) is 5.95. The summed E-state index contributed by atoms with van der Waals surface area (Å²) >= 11 is 10.8. The number of benzene rings is 2. The van der Waals surface area contributed by atoms with Crippen molar-refractivity contribution in [2.45, 2.75) is 33.0 Å². The molecule has 0 aliphatic carbocycles. The molecule has 25 heavy (non-hydrogen) atoms. The molecule has 2 aromatic carbocycles. The largest absolute Gasteiger partial charge is 0.417 e. The maximum absolute atomic E-state index is 12.9. The average molecular weight is 387 g/mol. The highest BCUT2D eigenvalue weighted by molar-refractivity contribution is 7.80. The van der Waals surface area contributed by atoms with E-state index >= 15 is 0 Å². The van der Waals surface area contributed by atoms with E-state index in [4.69, 9.17) is 23.8 Å². The lowest BCUT2D eigenvalue weighted by molar-refractivity contribution is -0.137. The molecule has 0 fully saturated rings. The third kappa shape index (κ3) is 5.09. The van der Waals surface area contributed by atoms with Gasteiger partial charge in [0.1, 0.15) is 0 Å². The third-order valence-electron chi connectivity index (χ3n) is 3.78. The molecule has 0 aliphatic heterocycles. The van der Waals surface area contributed by atoms with E-state index in [2.05, 4.69) is 16.7 Å². The Morgan fingerprint density at radius 3 is 2.44 bits per heavy atom. The Labute approximate surface area is 155 Å². The molecule has 1 unspecified atom stereocenters. The summed E-state index contributed by atoms with van der Waals surface area (Å²) in [6.07, 6.45) is -4.52. The van der Waals surface area contributed by atoms with Gasteiger partial charge in [-0.05, 0) is 62.3 Å². The van der Waals surface area contributed by atoms with Crippen LogP contribution in [0.25, 0.3) is 0 Å². The average Bonchev–Trinajstić information content (AvgIpc) is 2.50. The van der Waals surface area contributed by atoms with Gasteiger partial charge in [0.05, 0.1) is 16.6 Å². The van der Waals surface area contributed by atoms with Gasteiger partial charge in [0, 0.05) is 5.69 Å². The van der Waals surface area contributed by atoms with Gasteiger partial charge in [-0.3, -0.25) is 0 Å². The van der Waals surface area contributed by atoms with Gasteiger partial charge in [-0.25, -0.2) is 0 Å². The van der Waals surface area contributed by atoms with Crippen LogP contribution in [-0.4, -0.2) is 5.11 Å². The molecule has 2 N–H and O–H groups in total. The molecule has 2 nitrogen and oxygen atoms in total. The lowest BCUT2D eigenvalue weighted by Crippen LogP contribution is -2.31. The number of rotatable bonds is 3. The summed E-state index contributed by atoms with van der Waals surface area (Å²) in [7, 11) is 0. The topological polar surface area (TPSA) is 24.1 Å². The van der Waals surface area contributed by atoms with Gasteiger partial charge in [-0.2, -0.15) is 13.2 Å². The molecule has 2 aromatic rings. The summed E-state index contributed by atoms with van der Waals surface area (Å²) < 4.78 is 38.8. The molecule has 0 saturated carbocycles. The molecular formula is C18H18ClF3N2S. The molecule has 2 rings (SSSR count). The fourth-order valence-corrected chi connectivity index (χ4v) is 3.01. The quantitative estimate of drug-likeness (QED) is 0.630. The zero-order valence-corrected chi connectivity index (χ0v) is 15.5. The number of thiocarbonyl (C=S) groups is 1.